The van der Waals surface area contributed by atoms with Gasteiger partial charge in [0.15, 0.2) is 0 Å². The highest BCUT2D eigenvalue weighted by atomic mass is 16.2. The molecule has 1 aliphatic rings. The molecule has 0 spiro atoms. The second-order valence-electron chi connectivity index (χ2n) is 4.49. The number of nitrogens with two attached hydrogens (primary N) is 1. The first-order valence-corrected chi connectivity index (χ1v) is 5.05. The molecule has 0 heterocycles. The first-order chi connectivity index (χ1) is 6.02. The SMILES string of the molecule is CC(C)C(N)C(=O)NCC1CC1C. The lowest BCUT2D eigenvalue weighted by atomic mass is 10.1. The molecular weight excluding hydrogens is 164 g/mol. The van der Waals surface area contributed by atoms with Gasteiger partial charge in [-0.2, -0.15) is 0 Å². The van der Waals surface area contributed by atoms with Crippen molar-refractivity contribution in [2.75, 3.05) is 6.54 Å². The van der Waals surface area contributed by atoms with Gasteiger partial charge in [-0.25, -0.2) is 0 Å². The normalized spacial score (nSPS) is 28.7. The van der Waals surface area contributed by atoms with Gasteiger partial charge >= 0.3 is 0 Å². The highest BCUT2D eigenvalue weighted by molar-refractivity contribution is 5.81. The van der Waals surface area contributed by atoms with Crippen molar-refractivity contribution in [3.05, 3.63) is 0 Å². The van der Waals surface area contributed by atoms with E-state index < -0.39 is 0 Å². The van der Waals surface area contributed by atoms with Crippen LogP contribution < -0.4 is 11.1 Å². The van der Waals surface area contributed by atoms with Crippen LogP contribution in [0.5, 0.6) is 0 Å². The average Bonchev–Trinajstić information content (AvgIpc) is 2.76. The summed E-state index contributed by atoms with van der Waals surface area (Å²) in [4.78, 5) is 11.4. The number of hydrogen-bond acceptors (Lipinski definition) is 2. The summed E-state index contributed by atoms with van der Waals surface area (Å²) in [5.41, 5.74) is 5.69. The van der Waals surface area contributed by atoms with Gasteiger partial charge in [0.1, 0.15) is 0 Å². The van der Waals surface area contributed by atoms with Crippen molar-refractivity contribution in [2.45, 2.75) is 33.2 Å². The molecule has 3 nitrogen and oxygen atoms in total. The molecule has 1 rings (SSSR count). The maximum Gasteiger partial charge on any atom is 0.237 e. The predicted octanol–water partition coefficient (Wildman–Crippen LogP) is 0.742. The van der Waals surface area contributed by atoms with E-state index in [1.165, 1.54) is 6.42 Å². The van der Waals surface area contributed by atoms with Crippen molar-refractivity contribution in [1.82, 2.24) is 5.32 Å². The van der Waals surface area contributed by atoms with Gasteiger partial charge in [0, 0.05) is 6.54 Å². The average molecular weight is 184 g/mol. The van der Waals surface area contributed by atoms with Crippen LogP contribution in [0.4, 0.5) is 0 Å². The summed E-state index contributed by atoms with van der Waals surface area (Å²) >= 11 is 0. The van der Waals surface area contributed by atoms with Crippen LogP contribution in [0.1, 0.15) is 27.2 Å². The van der Waals surface area contributed by atoms with E-state index in [1.54, 1.807) is 0 Å². The molecule has 0 aromatic rings. The number of hydrogen-bond donors (Lipinski definition) is 2. The molecule has 1 fully saturated rings. The standard InChI is InChI=1S/C10H20N2O/c1-6(2)9(11)10(13)12-5-8-4-7(8)3/h6-9H,4-5,11H2,1-3H3,(H,12,13). The van der Waals surface area contributed by atoms with Crippen molar-refractivity contribution in [2.24, 2.45) is 23.5 Å². The number of nitrogens with one attached hydrogen (secondary N) is 1. The Morgan fingerprint density at radius 2 is 2.15 bits per heavy atom. The Morgan fingerprint density at radius 3 is 2.54 bits per heavy atom. The summed E-state index contributed by atoms with van der Waals surface area (Å²) < 4.78 is 0. The first-order valence-electron chi connectivity index (χ1n) is 5.05. The Morgan fingerprint density at radius 1 is 1.62 bits per heavy atom. The van der Waals surface area contributed by atoms with E-state index in [1.807, 2.05) is 13.8 Å². The lowest BCUT2D eigenvalue weighted by Gasteiger charge is -2.14. The molecule has 0 bridgehead atoms. The zero-order chi connectivity index (χ0) is 10.0. The minimum atomic E-state index is -0.353. The molecular formula is C10H20N2O. The van der Waals surface area contributed by atoms with Crippen LogP contribution in [0, 0.1) is 17.8 Å². The van der Waals surface area contributed by atoms with Crippen LogP contribution in [-0.4, -0.2) is 18.5 Å². The van der Waals surface area contributed by atoms with Crippen LogP contribution >= 0.6 is 0 Å². The maximum absolute atomic E-state index is 11.4. The monoisotopic (exact) mass is 184 g/mol. The summed E-state index contributed by atoms with van der Waals surface area (Å²) in [5, 5.41) is 2.89. The summed E-state index contributed by atoms with van der Waals surface area (Å²) in [5.74, 6) is 1.70. The van der Waals surface area contributed by atoms with Crippen LogP contribution in [0.3, 0.4) is 0 Å². The molecule has 3 N–H and O–H groups in total. The van der Waals surface area contributed by atoms with Crippen molar-refractivity contribution in [3.8, 4) is 0 Å². The van der Waals surface area contributed by atoms with Gasteiger partial charge in [0.25, 0.3) is 0 Å². The van der Waals surface area contributed by atoms with Gasteiger partial charge in [-0.15, -0.1) is 0 Å². The number of rotatable bonds is 4. The summed E-state index contributed by atoms with van der Waals surface area (Å²) in [6.07, 6.45) is 1.25. The highest BCUT2D eigenvalue weighted by Crippen LogP contribution is 2.36. The van der Waals surface area contributed by atoms with E-state index in [9.17, 15) is 4.79 Å². The lowest BCUT2D eigenvalue weighted by Crippen LogP contribution is -2.44. The minimum Gasteiger partial charge on any atom is -0.354 e. The molecule has 3 unspecified atom stereocenters. The van der Waals surface area contributed by atoms with Crippen molar-refractivity contribution in [1.29, 1.82) is 0 Å². The Balaban J connectivity index is 2.17. The second-order valence-corrected chi connectivity index (χ2v) is 4.49. The van der Waals surface area contributed by atoms with Crippen LogP contribution in [-0.2, 0) is 4.79 Å². The van der Waals surface area contributed by atoms with Gasteiger partial charge in [-0.1, -0.05) is 20.8 Å². The van der Waals surface area contributed by atoms with E-state index >= 15 is 0 Å². The molecule has 1 saturated carbocycles. The molecule has 3 atom stereocenters. The zero-order valence-electron chi connectivity index (χ0n) is 8.71. The summed E-state index contributed by atoms with van der Waals surface area (Å²) in [7, 11) is 0. The van der Waals surface area contributed by atoms with Gasteiger partial charge < -0.3 is 11.1 Å². The molecule has 0 aliphatic heterocycles. The van der Waals surface area contributed by atoms with E-state index in [2.05, 4.69) is 12.2 Å². The molecule has 0 radical (unpaired) electrons. The Bertz CT molecular complexity index is 191. The first kappa shape index (κ1) is 10.5. The fourth-order valence-corrected chi connectivity index (χ4v) is 1.34. The number of amides is 1. The van der Waals surface area contributed by atoms with Crippen LogP contribution in [0.2, 0.25) is 0 Å². The maximum atomic E-state index is 11.4. The third kappa shape index (κ3) is 2.99. The third-order valence-electron chi connectivity index (χ3n) is 2.84. The molecule has 13 heavy (non-hydrogen) atoms. The molecule has 0 aromatic carbocycles. The molecule has 76 valence electrons. The van der Waals surface area contributed by atoms with E-state index in [0.717, 1.165) is 12.5 Å². The van der Waals surface area contributed by atoms with Crippen molar-refractivity contribution < 1.29 is 4.79 Å². The van der Waals surface area contributed by atoms with E-state index in [4.69, 9.17) is 5.73 Å². The fraction of sp³-hybridized carbons (Fsp3) is 0.900. The molecule has 1 amide bonds. The zero-order valence-corrected chi connectivity index (χ0v) is 8.71. The number of carbonyl (C=O) groups is 1. The van der Waals surface area contributed by atoms with Crippen LogP contribution in [0.25, 0.3) is 0 Å². The van der Waals surface area contributed by atoms with E-state index in [-0.39, 0.29) is 17.9 Å². The van der Waals surface area contributed by atoms with Crippen molar-refractivity contribution in [3.63, 3.8) is 0 Å². The van der Waals surface area contributed by atoms with Gasteiger partial charge in [-0.05, 0) is 24.2 Å². The molecule has 3 heteroatoms. The third-order valence-corrected chi connectivity index (χ3v) is 2.84. The van der Waals surface area contributed by atoms with E-state index in [0.29, 0.717) is 5.92 Å². The summed E-state index contributed by atoms with van der Waals surface area (Å²) in [6.45, 7) is 6.94. The van der Waals surface area contributed by atoms with Gasteiger partial charge in [0.05, 0.1) is 6.04 Å². The van der Waals surface area contributed by atoms with Crippen molar-refractivity contribution >= 4 is 5.91 Å². The summed E-state index contributed by atoms with van der Waals surface area (Å²) in [6, 6.07) is -0.353. The second kappa shape index (κ2) is 4.09. The molecule has 1 aliphatic carbocycles. The highest BCUT2D eigenvalue weighted by Gasteiger charge is 2.32. The Hall–Kier alpha value is -0.570. The van der Waals surface area contributed by atoms with Gasteiger partial charge in [0.2, 0.25) is 5.91 Å². The fourth-order valence-electron chi connectivity index (χ4n) is 1.34. The largest absolute Gasteiger partial charge is 0.354 e. The van der Waals surface area contributed by atoms with Gasteiger partial charge in [-0.3, -0.25) is 4.79 Å². The quantitative estimate of drug-likeness (QED) is 0.677. The molecule has 0 aromatic heterocycles. The Labute approximate surface area is 80.1 Å². The topological polar surface area (TPSA) is 55.1 Å². The Kier molecular flexibility index (Phi) is 3.31. The number of carbonyl (C=O) groups excluding carboxylic acids is 1. The smallest absolute Gasteiger partial charge is 0.237 e. The lowest BCUT2D eigenvalue weighted by molar-refractivity contribution is -0.123. The minimum absolute atomic E-state index is 0.00546. The predicted molar refractivity (Wildman–Crippen MR) is 53.1 cm³/mol. The molecule has 0 saturated heterocycles. The van der Waals surface area contributed by atoms with Crippen LogP contribution in [0.15, 0.2) is 0 Å².